The third kappa shape index (κ3) is 4.37. The Balaban J connectivity index is 1.73. The molecule has 0 spiro atoms. The van der Waals surface area contributed by atoms with Gasteiger partial charge in [0.2, 0.25) is 5.82 Å². The maximum atomic E-state index is 12.5. The highest BCUT2D eigenvalue weighted by Gasteiger charge is 2.25. The Hall–Kier alpha value is -3.82. The maximum Gasteiger partial charge on any atom is 0.355 e. The molecule has 1 aromatic carbocycles. The fourth-order valence-electron chi connectivity index (χ4n) is 3.11. The van der Waals surface area contributed by atoms with Gasteiger partial charge in [-0.1, -0.05) is 12.1 Å². The number of H-pyrrole nitrogens is 1. The van der Waals surface area contributed by atoms with Crippen LogP contribution >= 0.6 is 0 Å². The number of ether oxygens (including phenoxy) is 4. The van der Waals surface area contributed by atoms with Gasteiger partial charge >= 0.3 is 11.9 Å². The molecule has 0 atom stereocenters. The zero-order valence-electron chi connectivity index (χ0n) is 17.9. The summed E-state index contributed by atoms with van der Waals surface area (Å²) in [5.74, 6) is 0.362. The molecule has 10 heteroatoms. The summed E-state index contributed by atoms with van der Waals surface area (Å²) in [5, 5.41) is 3.91. The maximum absolute atomic E-state index is 12.5. The topological polar surface area (TPSA) is 126 Å². The number of aryl methyl sites for hydroxylation is 1. The molecule has 2 aromatic heterocycles. The van der Waals surface area contributed by atoms with Gasteiger partial charge in [-0.05, 0) is 37.1 Å². The average Bonchev–Trinajstić information content (AvgIpc) is 3.40. The lowest BCUT2D eigenvalue weighted by molar-refractivity contribution is 0.0422. The van der Waals surface area contributed by atoms with E-state index in [1.165, 1.54) is 14.2 Å². The van der Waals surface area contributed by atoms with Crippen LogP contribution in [0.2, 0.25) is 0 Å². The summed E-state index contributed by atoms with van der Waals surface area (Å²) in [7, 11) is 4.36. The van der Waals surface area contributed by atoms with Crippen molar-refractivity contribution in [3.05, 3.63) is 46.6 Å². The molecular formula is C21H23N3O7. The highest BCUT2D eigenvalue weighted by molar-refractivity contribution is 5.98. The Morgan fingerprint density at radius 2 is 1.84 bits per heavy atom. The van der Waals surface area contributed by atoms with E-state index < -0.39 is 11.9 Å². The van der Waals surface area contributed by atoms with Crippen molar-refractivity contribution in [3.8, 4) is 22.9 Å². The van der Waals surface area contributed by atoms with Crippen LogP contribution in [-0.2, 0) is 22.5 Å². The largest absolute Gasteiger partial charge is 0.493 e. The second kappa shape index (κ2) is 9.33. The summed E-state index contributed by atoms with van der Waals surface area (Å²) < 4.78 is 25.7. The van der Waals surface area contributed by atoms with Crippen molar-refractivity contribution in [1.82, 2.24) is 15.1 Å². The molecule has 1 N–H and O–H groups in total. The summed E-state index contributed by atoms with van der Waals surface area (Å²) in [6.45, 7) is 3.29. The number of hydrogen-bond donors (Lipinski definition) is 1. The minimum atomic E-state index is -0.645. The summed E-state index contributed by atoms with van der Waals surface area (Å²) in [6, 6.07) is 5.19. The molecule has 0 fully saturated rings. The van der Waals surface area contributed by atoms with Gasteiger partial charge in [-0.25, -0.2) is 9.59 Å². The van der Waals surface area contributed by atoms with Crippen LogP contribution < -0.4 is 9.47 Å². The number of carbonyl (C=O) groups excluding carboxylic acids is 2. The second-order valence-electron chi connectivity index (χ2n) is 6.48. The van der Waals surface area contributed by atoms with Gasteiger partial charge in [-0.2, -0.15) is 4.98 Å². The molecule has 0 aliphatic carbocycles. The van der Waals surface area contributed by atoms with Crippen LogP contribution in [0.3, 0.4) is 0 Å². The number of methoxy groups -OCH3 is 3. The zero-order valence-corrected chi connectivity index (χ0v) is 17.9. The number of nitrogens with one attached hydrogen (secondary N) is 1. The molecule has 0 aliphatic heterocycles. The van der Waals surface area contributed by atoms with Gasteiger partial charge in [-0.15, -0.1) is 0 Å². The SMILES string of the molecule is CCc1[nH]c(C(=O)OCc2nc(-c3ccc(OC)c(OC)c3)no2)c(C)c1C(=O)OC. The number of nitrogens with zero attached hydrogens (tertiary/aromatic N) is 2. The average molecular weight is 429 g/mol. The lowest BCUT2D eigenvalue weighted by Crippen LogP contribution is -2.08. The predicted molar refractivity (Wildman–Crippen MR) is 108 cm³/mol. The molecule has 0 aliphatic rings. The Bertz CT molecular complexity index is 1100. The van der Waals surface area contributed by atoms with Gasteiger partial charge in [0.25, 0.3) is 5.89 Å². The van der Waals surface area contributed by atoms with Gasteiger partial charge in [0.15, 0.2) is 18.1 Å². The molecule has 0 unspecified atom stereocenters. The number of carbonyl (C=O) groups is 2. The molecule has 164 valence electrons. The molecule has 0 bridgehead atoms. The van der Waals surface area contributed by atoms with Crippen LogP contribution in [0.25, 0.3) is 11.4 Å². The van der Waals surface area contributed by atoms with Crippen LogP contribution in [0.15, 0.2) is 22.7 Å². The molecule has 0 saturated carbocycles. The van der Waals surface area contributed by atoms with Crippen molar-refractivity contribution < 1.29 is 33.1 Å². The normalized spacial score (nSPS) is 10.6. The first-order valence-electron chi connectivity index (χ1n) is 9.45. The lowest BCUT2D eigenvalue weighted by Gasteiger charge is -2.07. The smallest absolute Gasteiger partial charge is 0.355 e. The molecule has 0 radical (unpaired) electrons. The Kier molecular flexibility index (Phi) is 6.58. The van der Waals surface area contributed by atoms with Crippen LogP contribution in [0.1, 0.15) is 44.9 Å². The van der Waals surface area contributed by atoms with E-state index in [1.807, 2.05) is 6.92 Å². The first kappa shape index (κ1) is 21.9. The number of hydrogen-bond acceptors (Lipinski definition) is 9. The van der Waals surface area contributed by atoms with E-state index in [1.54, 1.807) is 32.2 Å². The van der Waals surface area contributed by atoms with Crippen molar-refractivity contribution >= 4 is 11.9 Å². The fourth-order valence-corrected chi connectivity index (χ4v) is 3.11. The quantitative estimate of drug-likeness (QED) is 0.538. The zero-order chi connectivity index (χ0) is 22.5. The first-order valence-corrected chi connectivity index (χ1v) is 9.45. The van der Waals surface area contributed by atoms with Crippen molar-refractivity contribution in [1.29, 1.82) is 0 Å². The molecule has 0 saturated heterocycles. The summed E-state index contributed by atoms with van der Waals surface area (Å²) in [4.78, 5) is 31.7. The highest BCUT2D eigenvalue weighted by atomic mass is 16.6. The molecule has 10 nitrogen and oxygen atoms in total. The van der Waals surface area contributed by atoms with E-state index in [9.17, 15) is 9.59 Å². The number of aromatic nitrogens is 3. The minimum Gasteiger partial charge on any atom is -0.493 e. The summed E-state index contributed by atoms with van der Waals surface area (Å²) in [6.07, 6.45) is 0.525. The van der Waals surface area contributed by atoms with Crippen molar-refractivity contribution in [2.75, 3.05) is 21.3 Å². The highest BCUT2D eigenvalue weighted by Crippen LogP contribution is 2.31. The van der Waals surface area contributed by atoms with Gasteiger partial charge < -0.3 is 28.5 Å². The van der Waals surface area contributed by atoms with Crippen LogP contribution in [0, 0.1) is 6.92 Å². The number of aromatic amines is 1. The molecule has 31 heavy (non-hydrogen) atoms. The first-order chi connectivity index (χ1) is 14.9. The second-order valence-corrected chi connectivity index (χ2v) is 6.48. The van der Waals surface area contributed by atoms with E-state index in [0.717, 1.165) is 0 Å². The van der Waals surface area contributed by atoms with Crippen LogP contribution in [-0.4, -0.2) is 48.4 Å². The van der Waals surface area contributed by atoms with Crippen LogP contribution in [0.5, 0.6) is 11.5 Å². The van der Waals surface area contributed by atoms with Gasteiger partial charge in [0.1, 0.15) is 5.69 Å². The van der Waals surface area contributed by atoms with E-state index in [0.29, 0.717) is 46.1 Å². The van der Waals surface area contributed by atoms with E-state index in [2.05, 4.69) is 15.1 Å². The molecule has 3 aromatic rings. The van der Waals surface area contributed by atoms with Crippen molar-refractivity contribution in [2.45, 2.75) is 26.9 Å². The molecule has 0 amide bonds. The van der Waals surface area contributed by atoms with E-state index in [4.69, 9.17) is 23.5 Å². The van der Waals surface area contributed by atoms with Gasteiger partial charge in [-0.3, -0.25) is 0 Å². The van der Waals surface area contributed by atoms with Crippen molar-refractivity contribution in [3.63, 3.8) is 0 Å². The Morgan fingerprint density at radius 3 is 2.48 bits per heavy atom. The third-order valence-electron chi connectivity index (χ3n) is 4.71. The molecule has 2 heterocycles. The standard InChI is InChI=1S/C21H23N3O7/c1-6-13-17(20(25)29-5)11(2)18(22-13)21(26)30-10-16-23-19(24-31-16)12-7-8-14(27-3)15(9-12)28-4/h7-9,22H,6,10H2,1-5H3. The number of benzene rings is 1. The number of rotatable bonds is 8. The predicted octanol–water partition coefficient (Wildman–Crippen LogP) is 3.10. The Morgan fingerprint density at radius 1 is 1.10 bits per heavy atom. The monoisotopic (exact) mass is 429 g/mol. The van der Waals surface area contributed by atoms with E-state index >= 15 is 0 Å². The van der Waals surface area contributed by atoms with Crippen LogP contribution in [0.4, 0.5) is 0 Å². The molecular weight excluding hydrogens is 406 g/mol. The van der Waals surface area contributed by atoms with Crippen molar-refractivity contribution in [2.24, 2.45) is 0 Å². The third-order valence-corrected chi connectivity index (χ3v) is 4.71. The Labute approximate surface area is 178 Å². The summed E-state index contributed by atoms with van der Waals surface area (Å²) in [5.41, 5.74) is 2.23. The minimum absolute atomic E-state index is 0.117. The van der Waals surface area contributed by atoms with Gasteiger partial charge in [0.05, 0.1) is 26.9 Å². The van der Waals surface area contributed by atoms with E-state index in [-0.39, 0.29) is 18.2 Å². The summed E-state index contributed by atoms with van der Waals surface area (Å²) >= 11 is 0. The molecule has 3 rings (SSSR count). The lowest BCUT2D eigenvalue weighted by atomic mass is 10.1. The van der Waals surface area contributed by atoms with Gasteiger partial charge in [0, 0.05) is 11.3 Å². The fraction of sp³-hybridized carbons (Fsp3) is 0.333. The number of esters is 2.